The van der Waals surface area contributed by atoms with Gasteiger partial charge in [0.15, 0.2) is 0 Å². The van der Waals surface area contributed by atoms with Gasteiger partial charge in [0.1, 0.15) is 11.6 Å². The zero-order valence-electron chi connectivity index (χ0n) is 18.7. The summed E-state index contributed by atoms with van der Waals surface area (Å²) in [5.41, 5.74) is 1.10. The van der Waals surface area contributed by atoms with Gasteiger partial charge in [-0.3, -0.25) is 24.8 Å². The van der Waals surface area contributed by atoms with Gasteiger partial charge in [0.05, 0.1) is 16.7 Å². The summed E-state index contributed by atoms with van der Waals surface area (Å²) in [6.45, 7) is 5.52. The number of nitro benzene ring substituents is 1. The number of non-ortho nitro benzene ring substituents is 1. The number of hydrogen-bond acceptors (Lipinski definition) is 7. The number of carbonyl (C=O) groups excluding carboxylic acids is 2. The SMILES string of the molecule is Cc1ccc(F)cc1NC(=O)CSc1n[nH]c([C@H](NC(=O)c2cccc([N+](=O)[O-])c2)C(C)C)n1. The number of aromatic nitrogens is 3. The van der Waals surface area contributed by atoms with Crippen LogP contribution in [0.4, 0.5) is 15.8 Å². The number of anilines is 1. The quantitative estimate of drug-likeness (QED) is 0.235. The van der Waals surface area contributed by atoms with Crippen LogP contribution in [0.5, 0.6) is 0 Å². The minimum absolute atomic E-state index is 0.000363. The molecule has 178 valence electrons. The van der Waals surface area contributed by atoms with E-state index in [1.54, 1.807) is 13.0 Å². The summed E-state index contributed by atoms with van der Waals surface area (Å²) in [5.74, 6) is -0.966. The molecule has 0 aliphatic rings. The Morgan fingerprint density at radius 2 is 2.00 bits per heavy atom. The molecule has 12 heteroatoms. The number of thioether (sulfide) groups is 1. The maximum atomic E-state index is 13.4. The number of nitro groups is 1. The van der Waals surface area contributed by atoms with Crippen molar-refractivity contribution in [3.05, 3.63) is 75.3 Å². The van der Waals surface area contributed by atoms with Crippen LogP contribution in [0.2, 0.25) is 0 Å². The molecule has 0 bridgehead atoms. The number of carbonyl (C=O) groups is 2. The molecule has 3 N–H and O–H groups in total. The third kappa shape index (κ3) is 6.38. The van der Waals surface area contributed by atoms with Crippen molar-refractivity contribution in [1.82, 2.24) is 20.5 Å². The van der Waals surface area contributed by atoms with Gasteiger partial charge in [0, 0.05) is 23.4 Å². The Balaban J connectivity index is 1.63. The molecule has 2 amide bonds. The van der Waals surface area contributed by atoms with E-state index < -0.39 is 22.7 Å². The number of nitrogens with zero attached hydrogens (tertiary/aromatic N) is 3. The highest BCUT2D eigenvalue weighted by molar-refractivity contribution is 7.99. The first-order chi connectivity index (χ1) is 16.1. The van der Waals surface area contributed by atoms with Crippen LogP contribution in [0.1, 0.15) is 41.6 Å². The van der Waals surface area contributed by atoms with Gasteiger partial charge in [-0.1, -0.05) is 37.7 Å². The van der Waals surface area contributed by atoms with E-state index in [2.05, 4.69) is 25.8 Å². The maximum absolute atomic E-state index is 13.4. The van der Waals surface area contributed by atoms with E-state index in [1.165, 1.54) is 36.4 Å². The van der Waals surface area contributed by atoms with Gasteiger partial charge in [-0.05, 0) is 36.6 Å². The Kier molecular flexibility index (Phi) is 7.95. The van der Waals surface area contributed by atoms with Gasteiger partial charge in [0.25, 0.3) is 11.6 Å². The molecular weight excluding hydrogens is 463 g/mol. The number of aromatic amines is 1. The zero-order chi connectivity index (χ0) is 24.8. The predicted molar refractivity (Wildman–Crippen MR) is 125 cm³/mol. The molecule has 0 spiro atoms. The molecule has 34 heavy (non-hydrogen) atoms. The molecule has 1 aromatic heterocycles. The summed E-state index contributed by atoms with van der Waals surface area (Å²) in [4.78, 5) is 39.7. The molecule has 1 atom stereocenters. The van der Waals surface area contributed by atoms with E-state index in [0.717, 1.165) is 17.3 Å². The summed E-state index contributed by atoms with van der Waals surface area (Å²) in [5, 5.41) is 23.6. The van der Waals surface area contributed by atoms with Crippen LogP contribution in [-0.2, 0) is 4.79 Å². The second-order valence-electron chi connectivity index (χ2n) is 7.80. The molecule has 0 saturated heterocycles. The Bertz CT molecular complexity index is 1220. The van der Waals surface area contributed by atoms with E-state index >= 15 is 0 Å². The fourth-order valence-corrected chi connectivity index (χ4v) is 3.65. The van der Waals surface area contributed by atoms with Crippen molar-refractivity contribution in [2.75, 3.05) is 11.1 Å². The molecule has 0 unspecified atom stereocenters. The van der Waals surface area contributed by atoms with Crippen molar-refractivity contribution in [3.8, 4) is 0 Å². The highest BCUT2D eigenvalue weighted by atomic mass is 32.2. The second-order valence-corrected chi connectivity index (χ2v) is 8.74. The fraction of sp³-hybridized carbons (Fsp3) is 0.273. The highest BCUT2D eigenvalue weighted by Gasteiger charge is 2.24. The lowest BCUT2D eigenvalue weighted by Crippen LogP contribution is -2.32. The van der Waals surface area contributed by atoms with E-state index in [0.29, 0.717) is 16.7 Å². The minimum Gasteiger partial charge on any atom is -0.342 e. The molecule has 1 heterocycles. The molecule has 0 saturated carbocycles. The third-order valence-electron chi connectivity index (χ3n) is 4.86. The number of benzene rings is 2. The number of nitrogens with one attached hydrogen (secondary N) is 3. The number of aryl methyl sites for hydroxylation is 1. The number of rotatable bonds is 9. The van der Waals surface area contributed by atoms with Crippen molar-refractivity contribution in [1.29, 1.82) is 0 Å². The number of halogens is 1. The summed E-state index contributed by atoms with van der Waals surface area (Å²) in [6.07, 6.45) is 0. The standard InChI is InChI=1S/C22H23FN6O4S/c1-12(2)19(25-21(31)14-5-4-6-16(9-14)29(32)33)20-26-22(28-27-20)34-11-18(30)24-17-10-15(23)8-7-13(17)3/h4-10,12,19H,11H2,1-3H3,(H,24,30)(H,25,31)(H,26,27,28)/t19-/m1/s1. The third-order valence-corrected chi connectivity index (χ3v) is 5.70. The molecule has 0 radical (unpaired) electrons. The highest BCUT2D eigenvalue weighted by Crippen LogP contribution is 2.23. The lowest BCUT2D eigenvalue weighted by atomic mass is 10.0. The first-order valence-corrected chi connectivity index (χ1v) is 11.3. The molecule has 3 aromatic rings. The summed E-state index contributed by atoms with van der Waals surface area (Å²) in [7, 11) is 0. The average Bonchev–Trinajstić information content (AvgIpc) is 3.26. The van der Waals surface area contributed by atoms with Crippen molar-refractivity contribution in [2.45, 2.75) is 32.0 Å². The van der Waals surface area contributed by atoms with Crippen LogP contribution in [0.3, 0.4) is 0 Å². The monoisotopic (exact) mass is 486 g/mol. The summed E-state index contributed by atoms with van der Waals surface area (Å²) >= 11 is 1.08. The molecule has 10 nitrogen and oxygen atoms in total. The number of H-pyrrole nitrogens is 1. The molecule has 3 rings (SSSR count). The lowest BCUT2D eigenvalue weighted by Gasteiger charge is -2.19. The smallest absolute Gasteiger partial charge is 0.270 e. The molecular formula is C22H23FN6O4S. The van der Waals surface area contributed by atoms with E-state index in [4.69, 9.17) is 0 Å². The minimum atomic E-state index is -0.567. The van der Waals surface area contributed by atoms with Crippen LogP contribution in [0.25, 0.3) is 0 Å². The fourth-order valence-electron chi connectivity index (χ4n) is 3.04. The Morgan fingerprint density at radius 1 is 1.24 bits per heavy atom. The Hall–Kier alpha value is -3.80. The van der Waals surface area contributed by atoms with Gasteiger partial charge in [-0.2, -0.15) is 0 Å². The Morgan fingerprint density at radius 3 is 2.71 bits per heavy atom. The lowest BCUT2D eigenvalue weighted by molar-refractivity contribution is -0.384. The predicted octanol–water partition coefficient (Wildman–Crippen LogP) is 4.02. The molecule has 0 fully saturated rings. The Labute approximate surface area is 198 Å². The van der Waals surface area contributed by atoms with Crippen molar-refractivity contribution < 1.29 is 18.9 Å². The average molecular weight is 487 g/mol. The molecule has 0 aliphatic heterocycles. The van der Waals surface area contributed by atoms with Crippen molar-refractivity contribution >= 4 is 35.0 Å². The molecule has 0 aliphatic carbocycles. The van der Waals surface area contributed by atoms with Crippen LogP contribution in [-0.4, -0.2) is 37.7 Å². The topological polar surface area (TPSA) is 143 Å². The largest absolute Gasteiger partial charge is 0.342 e. The maximum Gasteiger partial charge on any atom is 0.270 e. The van der Waals surface area contributed by atoms with Gasteiger partial charge in [0.2, 0.25) is 11.1 Å². The first kappa shape index (κ1) is 24.8. The van der Waals surface area contributed by atoms with E-state index in [9.17, 15) is 24.1 Å². The zero-order valence-corrected chi connectivity index (χ0v) is 19.5. The van der Waals surface area contributed by atoms with Crippen molar-refractivity contribution in [2.24, 2.45) is 5.92 Å². The van der Waals surface area contributed by atoms with Gasteiger partial charge >= 0.3 is 0 Å². The van der Waals surface area contributed by atoms with Crippen molar-refractivity contribution in [3.63, 3.8) is 0 Å². The number of hydrogen-bond donors (Lipinski definition) is 3. The summed E-state index contributed by atoms with van der Waals surface area (Å²) < 4.78 is 13.4. The second kappa shape index (κ2) is 10.9. The van der Waals surface area contributed by atoms with Gasteiger partial charge in [-0.25, -0.2) is 9.37 Å². The van der Waals surface area contributed by atoms with Gasteiger partial charge < -0.3 is 10.6 Å². The first-order valence-electron chi connectivity index (χ1n) is 10.3. The summed E-state index contributed by atoms with van der Waals surface area (Å²) in [6, 6.07) is 9.04. The molecule has 2 aromatic carbocycles. The van der Waals surface area contributed by atoms with Crippen LogP contribution in [0.15, 0.2) is 47.6 Å². The van der Waals surface area contributed by atoms with E-state index in [-0.39, 0.29) is 28.8 Å². The van der Waals surface area contributed by atoms with E-state index in [1.807, 2.05) is 13.8 Å². The number of amides is 2. The van der Waals surface area contributed by atoms with Crippen LogP contribution < -0.4 is 10.6 Å². The normalized spacial score (nSPS) is 11.8. The van der Waals surface area contributed by atoms with Gasteiger partial charge in [-0.15, -0.1) is 5.10 Å². The van der Waals surface area contributed by atoms with Crippen LogP contribution >= 0.6 is 11.8 Å². The van der Waals surface area contributed by atoms with Crippen LogP contribution in [0, 0.1) is 28.8 Å².